The Kier molecular flexibility index (Phi) is 1.71. The molecular weight excluding hydrogens is 152 g/mol. The van der Waals surface area contributed by atoms with Crippen molar-refractivity contribution in [3.05, 3.63) is 12.2 Å². The fourth-order valence-electron chi connectivity index (χ4n) is 2.15. The number of cyclic esters (lactones) is 1. The van der Waals surface area contributed by atoms with Crippen molar-refractivity contribution in [2.75, 3.05) is 6.61 Å². The lowest BCUT2D eigenvalue weighted by atomic mass is 9.73. The second-order valence-electron chi connectivity index (χ2n) is 3.92. The topological polar surface area (TPSA) is 26.3 Å². The van der Waals surface area contributed by atoms with E-state index in [4.69, 9.17) is 4.74 Å². The van der Waals surface area contributed by atoms with Crippen LogP contribution in [0.25, 0.3) is 0 Å². The van der Waals surface area contributed by atoms with Gasteiger partial charge in [-0.15, -0.1) is 0 Å². The Balaban J connectivity index is 2.27. The molecule has 1 saturated heterocycles. The first-order valence-electron chi connectivity index (χ1n) is 4.55. The van der Waals surface area contributed by atoms with Crippen molar-refractivity contribution < 1.29 is 9.53 Å². The zero-order valence-electron chi connectivity index (χ0n) is 7.49. The fraction of sp³-hybridized carbons (Fsp3) is 0.700. The van der Waals surface area contributed by atoms with Crippen molar-refractivity contribution in [1.29, 1.82) is 0 Å². The molecule has 1 fully saturated rings. The SMILES string of the molecule is C[C@H]1[C@H]2C(=O)OC[C@H]2C=C[C@H]1C. The second kappa shape index (κ2) is 2.61. The van der Waals surface area contributed by atoms with Gasteiger partial charge in [0, 0.05) is 5.92 Å². The number of hydrogen-bond acceptors (Lipinski definition) is 2. The lowest BCUT2D eigenvalue weighted by Crippen LogP contribution is -2.29. The molecule has 2 nitrogen and oxygen atoms in total. The van der Waals surface area contributed by atoms with Crippen molar-refractivity contribution >= 4 is 5.97 Å². The van der Waals surface area contributed by atoms with E-state index in [1.807, 2.05) is 0 Å². The number of fused-ring (bicyclic) bond motifs is 1. The number of carbonyl (C=O) groups excluding carboxylic acids is 1. The van der Waals surface area contributed by atoms with Crippen LogP contribution in [-0.2, 0) is 9.53 Å². The summed E-state index contributed by atoms with van der Waals surface area (Å²) in [6.45, 7) is 4.89. The van der Waals surface area contributed by atoms with E-state index in [0.717, 1.165) is 0 Å². The lowest BCUT2D eigenvalue weighted by molar-refractivity contribution is -0.142. The van der Waals surface area contributed by atoms with E-state index in [2.05, 4.69) is 26.0 Å². The molecule has 0 radical (unpaired) electrons. The minimum Gasteiger partial charge on any atom is -0.465 e. The standard InChI is InChI=1S/C10H14O2/c1-6-3-4-8-5-12-10(11)9(8)7(6)2/h3-4,6-9H,5H2,1-2H3/t6-,7-,8-,9-/m1/s1. The maximum absolute atomic E-state index is 11.3. The van der Waals surface area contributed by atoms with E-state index >= 15 is 0 Å². The van der Waals surface area contributed by atoms with Crippen LogP contribution in [0.5, 0.6) is 0 Å². The average Bonchev–Trinajstić information content (AvgIpc) is 2.41. The van der Waals surface area contributed by atoms with Crippen molar-refractivity contribution in [3.8, 4) is 0 Å². The molecule has 4 atom stereocenters. The van der Waals surface area contributed by atoms with E-state index < -0.39 is 0 Å². The molecule has 12 heavy (non-hydrogen) atoms. The van der Waals surface area contributed by atoms with E-state index in [1.54, 1.807) is 0 Å². The molecule has 0 N–H and O–H groups in total. The summed E-state index contributed by atoms with van der Waals surface area (Å²) in [5, 5.41) is 0. The molecule has 0 unspecified atom stereocenters. The summed E-state index contributed by atoms with van der Waals surface area (Å²) >= 11 is 0. The van der Waals surface area contributed by atoms with Crippen LogP contribution in [0.15, 0.2) is 12.2 Å². The summed E-state index contributed by atoms with van der Waals surface area (Å²) in [4.78, 5) is 11.3. The maximum atomic E-state index is 11.3. The number of allylic oxidation sites excluding steroid dienone is 1. The van der Waals surface area contributed by atoms with Gasteiger partial charge in [0.25, 0.3) is 0 Å². The first-order valence-corrected chi connectivity index (χ1v) is 4.55. The summed E-state index contributed by atoms with van der Waals surface area (Å²) < 4.78 is 5.03. The second-order valence-corrected chi connectivity index (χ2v) is 3.92. The lowest BCUT2D eigenvalue weighted by Gasteiger charge is -2.28. The first kappa shape index (κ1) is 7.84. The van der Waals surface area contributed by atoms with Crippen LogP contribution in [0.2, 0.25) is 0 Å². The Bertz CT molecular complexity index is 232. The van der Waals surface area contributed by atoms with E-state index in [-0.39, 0.29) is 11.9 Å². The molecule has 0 saturated carbocycles. The Morgan fingerprint density at radius 3 is 2.92 bits per heavy atom. The highest BCUT2D eigenvalue weighted by atomic mass is 16.5. The van der Waals surface area contributed by atoms with Gasteiger partial charge < -0.3 is 4.74 Å². The van der Waals surface area contributed by atoms with Crippen molar-refractivity contribution in [3.63, 3.8) is 0 Å². The minimum atomic E-state index is 0.00343. The van der Waals surface area contributed by atoms with Crippen LogP contribution in [0.4, 0.5) is 0 Å². The number of hydrogen-bond donors (Lipinski definition) is 0. The van der Waals surface area contributed by atoms with Gasteiger partial charge in [0.1, 0.15) is 0 Å². The zero-order chi connectivity index (χ0) is 8.72. The Hall–Kier alpha value is -0.790. The van der Waals surface area contributed by atoms with Gasteiger partial charge in [0.15, 0.2) is 0 Å². The predicted molar refractivity (Wildman–Crippen MR) is 45.4 cm³/mol. The molecule has 1 aliphatic heterocycles. The first-order chi connectivity index (χ1) is 5.70. The molecule has 0 aromatic carbocycles. The van der Waals surface area contributed by atoms with Gasteiger partial charge in [-0.3, -0.25) is 4.79 Å². The molecule has 66 valence electrons. The molecule has 0 spiro atoms. The van der Waals surface area contributed by atoms with E-state index in [0.29, 0.717) is 24.4 Å². The molecule has 1 heterocycles. The summed E-state index contributed by atoms with van der Waals surface area (Å²) in [6, 6.07) is 0. The molecule has 0 amide bonds. The van der Waals surface area contributed by atoms with Crippen molar-refractivity contribution in [2.24, 2.45) is 23.7 Å². The highest BCUT2D eigenvalue weighted by Gasteiger charge is 2.42. The number of ether oxygens (including phenoxy) is 1. The van der Waals surface area contributed by atoms with Gasteiger partial charge in [0.05, 0.1) is 12.5 Å². The van der Waals surface area contributed by atoms with Gasteiger partial charge in [-0.1, -0.05) is 26.0 Å². The molecule has 0 bridgehead atoms. The van der Waals surface area contributed by atoms with Crippen molar-refractivity contribution in [1.82, 2.24) is 0 Å². The molecule has 2 rings (SSSR count). The van der Waals surface area contributed by atoms with Crippen LogP contribution >= 0.6 is 0 Å². The third-order valence-corrected chi connectivity index (χ3v) is 3.21. The predicted octanol–water partition coefficient (Wildman–Crippen LogP) is 1.62. The highest BCUT2D eigenvalue weighted by Crippen LogP contribution is 2.38. The summed E-state index contributed by atoms with van der Waals surface area (Å²) in [6.07, 6.45) is 4.34. The maximum Gasteiger partial charge on any atom is 0.309 e. The van der Waals surface area contributed by atoms with Gasteiger partial charge in [0.2, 0.25) is 0 Å². The Morgan fingerprint density at radius 2 is 2.17 bits per heavy atom. The highest BCUT2D eigenvalue weighted by molar-refractivity contribution is 5.75. The van der Waals surface area contributed by atoms with Crippen LogP contribution in [-0.4, -0.2) is 12.6 Å². The third-order valence-electron chi connectivity index (χ3n) is 3.21. The Labute approximate surface area is 72.6 Å². The van der Waals surface area contributed by atoms with Gasteiger partial charge in [-0.05, 0) is 11.8 Å². The quantitative estimate of drug-likeness (QED) is 0.404. The number of carbonyl (C=O) groups is 1. The number of rotatable bonds is 0. The van der Waals surface area contributed by atoms with Gasteiger partial charge >= 0.3 is 5.97 Å². The van der Waals surface area contributed by atoms with Gasteiger partial charge in [-0.25, -0.2) is 0 Å². The summed E-state index contributed by atoms with van der Waals surface area (Å²) in [7, 11) is 0. The average molecular weight is 166 g/mol. The van der Waals surface area contributed by atoms with Crippen LogP contribution < -0.4 is 0 Å². The Morgan fingerprint density at radius 1 is 1.42 bits per heavy atom. The third kappa shape index (κ3) is 0.977. The van der Waals surface area contributed by atoms with Crippen LogP contribution in [0.3, 0.4) is 0 Å². The summed E-state index contributed by atoms with van der Waals surface area (Å²) in [5.41, 5.74) is 0. The monoisotopic (exact) mass is 166 g/mol. The molecule has 1 aliphatic carbocycles. The van der Waals surface area contributed by atoms with Gasteiger partial charge in [-0.2, -0.15) is 0 Å². The normalized spacial score (nSPS) is 45.7. The minimum absolute atomic E-state index is 0.00343. The van der Waals surface area contributed by atoms with Crippen LogP contribution in [0, 0.1) is 23.7 Å². The molecule has 2 heteroatoms. The van der Waals surface area contributed by atoms with E-state index in [9.17, 15) is 4.79 Å². The largest absolute Gasteiger partial charge is 0.465 e. The smallest absolute Gasteiger partial charge is 0.309 e. The molecular formula is C10H14O2. The number of esters is 1. The van der Waals surface area contributed by atoms with Crippen molar-refractivity contribution in [2.45, 2.75) is 13.8 Å². The molecule has 2 aliphatic rings. The molecule has 0 aromatic heterocycles. The fourth-order valence-corrected chi connectivity index (χ4v) is 2.15. The zero-order valence-corrected chi connectivity index (χ0v) is 7.49. The van der Waals surface area contributed by atoms with Crippen LogP contribution in [0.1, 0.15) is 13.8 Å². The summed E-state index contributed by atoms with van der Waals surface area (Å²) in [5.74, 6) is 1.43. The molecule has 0 aromatic rings. The van der Waals surface area contributed by atoms with E-state index in [1.165, 1.54) is 0 Å².